The van der Waals surface area contributed by atoms with Gasteiger partial charge in [-0.1, -0.05) is 17.3 Å². The van der Waals surface area contributed by atoms with Gasteiger partial charge in [0, 0.05) is 16.5 Å². The molecule has 0 aliphatic heterocycles. The molecule has 5 heteroatoms. The van der Waals surface area contributed by atoms with Gasteiger partial charge in [0.1, 0.15) is 12.0 Å². The van der Waals surface area contributed by atoms with Gasteiger partial charge in [0.25, 0.3) is 0 Å². The highest BCUT2D eigenvalue weighted by atomic mass is 16.5. The van der Waals surface area contributed by atoms with Crippen molar-refractivity contribution in [2.75, 3.05) is 7.11 Å². The number of hydrogen-bond acceptors (Lipinski definition) is 5. The Morgan fingerprint density at radius 1 is 1.04 bits per heavy atom. The molecule has 0 unspecified atom stereocenters. The molecule has 0 bridgehead atoms. The van der Waals surface area contributed by atoms with Crippen molar-refractivity contribution in [1.29, 1.82) is 0 Å². The predicted molar refractivity (Wildman–Crippen MR) is 109 cm³/mol. The monoisotopic (exact) mass is 372 g/mol. The van der Waals surface area contributed by atoms with Gasteiger partial charge in [-0.2, -0.15) is 0 Å². The number of benzene rings is 2. The topological polar surface area (TPSA) is 65.2 Å². The molecule has 0 saturated heterocycles. The molecule has 0 aliphatic rings. The van der Waals surface area contributed by atoms with Crippen molar-refractivity contribution in [1.82, 2.24) is 10.1 Å². The van der Waals surface area contributed by atoms with E-state index in [0.717, 1.165) is 50.3 Å². The van der Waals surface area contributed by atoms with Crippen LogP contribution in [0.4, 0.5) is 0 Å². The van der Waals surface area contributed by atoms with Gasteiger partial charge in [-0.3, -0.25) is 4.79 Å². The SMILES string of the molecule is COc1ccc(-c2cc3c(C(C)=O)cc(C)cc3nc2-c2conc2C)cc1. The van der Waals surface area contributed by atoms with E-state index in [2.05, 4.69) is 5.16 Å². The number of fused-ring (bicyclic) bond motifs is 1. The van der Waals surface area contributed by atoms with Gasteiger partial charge in [0.2, 0.25) is 0 Å². The van der Waals surface area contributed by atoms with Crippen LogP contribution in [0.25, 0.3) is 33.3 Å². The summed E-state index contributed by atoms with van der Waals surface area (Å²) in [5.74, 6) is 0.797. The number of pyridine rings is 1. The second kappa shape index (κ2) is 6.93. The Balaban J connectivity index is 2.07. The number of carbonyl (C=O) groups excluding carboxylic acids is 1. The largest absolute Gasteiger partial charge is 0.497 e. The van der Waals surface area contributed by atoms with E-state index in [4.69, 9.17) is 14.2 Å². The Labute approximate surface area is 163 Å². The molecule has 5 nitrogen and oxygen atoms in total. The summed E-state index contributed by atoms with van der Waals surface area (Å²) in [4.78, 5) is 17.2. The lowest BCUT2D eigenvalue weighted by Crippen LogP contribution is -1.99. The zero-order chi connectivity index (χ0) is 19.8. The van der Waals surface area contributed by atoms with Gasteiger partial charge in [-0.25, -0.2) is 4.98 Å². The van der Waals surface area contributed by atoms with E-state index >= 15 is 0 Å². The van der Waals surface area contributed by atoms with Crippen LogP contribution in [0, 0.1) is 13.8 Å². The van der Waals surface area contributed by atoms with Gasteiger partial charge < -0.3 is 9.26 Å². The number of aromatic nitrogens is 2. The quantitative estimate of drug-likeness (QED) is 0.450. The molecule has 140 valence electrons. The number of carbonyl (C=O) groups is 1. The molecule has 0 aliphatic carbocycles. The van der Waals surface area contributed by atoms with E-state index in [0.29, 0.717) is 5.56 Å². The smallest absolute Gasteiger partial charge is 0.160 e. The van der Waals surface area contributed by atoms with Crippen LogP contribution in [0.3, 0.4) is 0 Å². The average Bonchev–Trinajstić information content (AvgIpc) is 3.12. The van der Waals surface area contributed by atoms with Crippen molar-refractivity contribution in [2.45, 2.75) is 20.8 Å². The zero-order valence-electron chi connectivity index (χ0n) is 16.2. The van der Waals surface area contributed by atoms with Crippen molar-refractivity contribution in [3.8, 4) is 28.1 Å². The molecule has 4 rings (SSSR count). The minimum absolute atomic E-state index is 0.0186. The highest BCUT2D eigenvalue weighted by Crippen LogP contribution is 2.36. The molecule has 0 radical (unpaired) electrons. The van der Waals surface area contributed by atoms with Crippen molar-refractivity contribution in [3.05, 3.63) is 65.5 Å². The summed E-state index contributed by atoms with van der Waals surface area (Å²) in [7, 11) is 1.64. The minimum atomic E-state index is 0.0186. The average molecular weight is 372 g/mol. The number of nitrogens with zero attached hydrogens (tertiary/aromatic N) is 2. The fourth-order valence-electron chi connectivity index (χ4n) is 3.42. The number of ether oxygens (including phenoxy) is 1. The molecule has 0 spiro atoms. The molecular weight excluding hydrogens is 352 g/mol. The molecule has 0 amide bonds. The molecule has 2 heterocycles. The predicted octanol–water partition coefficient (Wildman–Crippen LogP) is 5.38. The highest BCUT2D eigenvalue weighted by Gasteiger charge is 2.18. The summed E-state index contributed by atoms with van der Waals surface area (Å²) in [5, 5.41) is 4.84. The first kappa shape index (κ1) is 17.9. The van der Waals surface area contributed by atoms with Crippen LogP contribution in [-0.4, -0.2) is 23.0 Å². The van der Waals surface area contributed by atoms with E-state index in [1.807, 2.05) is 56.3 Å². The summed E-state index contributed by atoms with van der Waals surface area (Å²) < 4.78 is 10.4. The number of rotatable bonds is 4. The van der Waals surface area contributed by atoms with Crippen LogP contribution in [0.1, 0.15) is 28.5 Å². The Morgan fingerprint density at radius 2 is 1.79 bits per heavy atom. The summed E-state index contributed by atoms with van der Waals surface area (Å²) in [6.07, 6.45) is 1.61. The number of ketones is 1. The molecule has 2 aromatic carbocycles. The van der Waals surface area contributed by atoms with Crippen LogP contribution in [-0.2, 0) is 0 Å². The zero-order valence-corrected chi connectivity index (χ0v) is 16.2. The Bertz CT molecular complexity index is 1190. The Morgan fingerprint density at radius 3 is 2.39 bits per heavy atom. The van der Waals surface area contributed by atoms with Gasteiger partial charge in [-0.15, -0.1) is 0 Å². The lowest BCUT2D eigenvalue weighted by atomic mass is 9.94. The second-order valence-electron chi connectivity index (χ2n) is 6.86. The maximum Gasteiger partial charge on any atom is 0.160 e. The molecule has 0 fully saturated rings. The van der Waals surface area contributed by atoms with E-state index in [9.17, 15) is 4.79 Å². The Kier molecular flexibility index (Phi) is 4.43. The minimum Gasteiger partial charge on any atom is -0.497 e. The molecule has 28 heavy (non-hydrogen) atoms. The first-order valence-electron chi connectivity index (χ1n) is 9.00. The maximum atomic E-state index is 12.2. The van der Waals surface area contributed by atoms with Crippen molar-refractivity contribution < 1.29 is 14.1 Å². The second-order valence-corrected chi connectivity index (χ2v) is 6.86. The van der Waals surface area contributed by atoms with Crippen molar-refractivity contribution >= 4 is 16.7 Å². The molecule has 0 saturated carbocycles. The summed E-state index contributed by atoms with van der Waals surface area (Å²) >= 11 is 0. The van der Waals surface area contributed by atoms with E-state index in [1.54, 1.807) is 20.3 Å². The highest BCUT2D eigenvalue weighted by molar-refractivity contribution is 6.08. The fraction of sp³-hybridized carbons (Fsp3) is 0.174. The third-order valence-corrected chi connectivity index (χ3v) is 4.86. The van der Waals surface area contributed by atoms with E-state index in [-0.39, 0.29) is 5.78 Å². The first-order chi connectivity index (χ1) is 13.5. The lowest BCUT2D eigenvalue weighted by molar-refractivity contribution is 0.101. The van der Waals surface area contributed by atoms with Gasteiger partial charge >= 0.3 is 0 Å². The molecule has 0 atom stereocenters. The van der Waals surface area contributed by atoms with E-state index in [1.165, 1.54) is 0 Å². The first-order valence-corrected chi connectivity index (χ1v) is 9.00. The lowest BCUT2D eigenvalue weighted by Gasteiger charge is -2.13. The summed E-state index contributed by atoms with van der Waals surface area (Å²) in [6, 6.07) is 13.7. The number of hydrogen-bond donors (Lipinski definition) is 0. The third-order valence-electron chi connectivity index (χ3n) is 4.86. The molecule has 0 N–H and O–H groups in total. The number of aryl methyl sites for hydroxylation is 2. The normalized spacial score (nSPS) is 11.0. The maximum absolute atomic E-state index is 12.2. The molecule has 2 aromatic heterocycles. The van der Waals surface area contributed by atoms with Crippen LogP contribution in [0.2, 0.25) is 0 Å². The summed E-state index contributed by atoms with van der Waals surface area (Å²) in [6.45, 7) is 5.44. The van der Waals surface area contributed by atoms with E-state index < -0.39 is 0 Å². The fourth-order valence-corrected chi connectivity index (χ4v) is 3.42. The van der Waals surface area contributed by atoms with Crippen molar-refractivity contribution in [2.24, 2.45) is 0 Å². The van der Waals surface area contributed by atoms with Crippen LogP contribution in [0.5, 0.6) is 5.75 Å². The van der Waals surface area contributed by atoms with Crippen LogP contribution in [0.15, 0.2) is 53.3 Å². The summed E-state index contributed by atoms with van der Waals surface area (Å²) in [5.41, 5.74) is 6.70. The third kappa shape index (κ3) is 3.05. The number of methoxy groups -OCH3 is 1. The van der Waals surface area contributed by atoms with Gasteiger partial charge in [-0.05, 0) is 62.2 Å². The van der Waals surface area contributed by atoms with Crippen LogP contribution >= 0.6 is 0 Å². The molecular formula is C23H20N2O3. The van der Waals surface area contributed by atoms with Gasteiger partial charge in [0.05, 0.1) is 29.6 Å². The standard InChI is InChI=1S/C23H20N2O3/c1-13-9-18(15(3)26)20-11-19(16-5-7-17(27-4)8-6-16)23(24-22(20)10-13)21-12-28-25-14(21)2/h5-12H,1-4H3. The molecule has 4 aromatic rings. The Hall–Kier alpha value is -3.47. The van der Waals surface area contributed by atoms with Crippen LogP contribution < -0.4 is 4.74 Å². The van der Waals surface area contributed by atoms with Crippen molar-refractivity contribution in [3.63, 3.8) is 0 Å². The number of Topliss-reactive ketones (excluding diaryl/α,β-unsaturated/α-hetero) is 1. The van der Waals surface area contributed by atoms with Gasteiger partial charge in [0.15, 0.2) is 5.78 Å².